The second kappa shape index (κ2) is 4.07. The predicted molar refractivity (Wildman–Crippen MR) is 72.8 cm³/mol. The number of thiocarbonyl (C=S) groups is 1. The average Bonchev–Trinajstić information content (AvgIpc) is 2.93. The number of hydrogen-bond donors (Lipinski definition) is 1. The van der Waals surface area contributed by atoms with Crippen molar-refractivity contribution < 1.29 is 8.42 Å². The fourth-order valence-electron chi connectivity index (χ4n) is 2.34. The molecule has 0 unspecified atom stereocenters. The van der Waals surface area contributed by atoms with Crippen LogP contribution in [-0.4, -0.2) is 24.9 Å². The lowest BCUT2D eigenvalue weighted by Gasteiger charge is -2.00. The lowest BCUT2D eigenvalue weighted by atomic mass is 10.1. The van der Waals surface area contributed by atoms with Crippen molar-refractivity contribution in [2.24, 2.45) is 11.7 Å². The quantitative estimate of drug-likeness (QED) is 0.843. The summed E-state index contributed by atoms with van der Waals surface area (Å²) in [5.74, 6) is -0.272. The molecular weight excluding hydrogens is 254 g/mol. The van der Waals surface area contributed by atoms with E-state index in [9.17, 15) is 8.42 Å². The highest BCUT2D eigenvalue weighted by molar-refractivity contribution is 7.91. The Hall–Kier alpha value is -0.940. The van der Waals surface area contributed by atoms with Gasteiger partial charge in [0.2, 0.25) is 0 Å². The number of rotatable bonds is 3. The van der Waals surface area contributed by atoms with Crippen LogP contribution in [0.2, 0.25) is 0 Å². The molecule has 1 aromatic carbocycles. The first-order chi connectivity index (χ1) is 7.82. The lowest BCUT2D eigenvalue weighted by molar-refractivity contribution is 0.599. The zero-order valence-electron chi connectivity index (χ0n) is 9.75. The summed E-state index contributed by atoms with van der Waals surface area (Å²) in [6.07, 6.45) is 1.25. The van der Waals surface area contributed by atoms with Gasteiger partial charge in [-0.15, -0.1) is 0 Å². The number of hydrogen-bond acceptors (Lipinski definition) is 3. The molecular formula is C12H15NO2S2. The summed E-state index contributed by atoms with van der Waals surface area (Å²) in [5.41, 5.74) is 7.76. The standard InChI is InChI=1S/C12H15NO2S2/c1-7-3-5-8(6-4-7)9-10(12(13)16)11(9)17(2,14)15/h3-6,9-11H,1-2H3,(H2,13,16)/t9-,10-,11-/m1/s1. The molecule has 0 radical (unpaired) electrons. The molecule has 1 aliphatic rings. The van der Waals surface area contributed by atoms with Gasteiger partial charge in [0.05, 0.1) is 10.2 Å². The molecule has 5 heteroatoms. The molecule has 0 amide bonds. The number of sulfone groups is 1. The van der Waals surface area contributed by atoms with Crippen molar-refractivity contribution in [1.82, 2.24) is 0 Å². The van der Waals surface area contributed by atoms with Crippen molar-refractivity contribution in [3.63, 3.8) is 0 Å². The van der Waals surface area contributed by atoms with Crippen LogP contribution in [0.25, 0.3) is 0 Å². The monoisotopic (exact) mass is 269 g/mol. The fraction of sp³-hybridized carbons (Fsp3) is 0.417. The lowest BCUT2D eigenvalue weighted by Crippen LogP contribution is -2.16. The van der Waals surface area contributed by atoms with E-state index in [2.05, 4.69) is 0 Å². The van der Waals surface area contributed by atoms with E-state index in [-0.39, 0.29) is 11.8 Å². The third-order valence-corrected chi connectivity index (χ3v) is 5.09. The first-order valence-electron chi connectivity index (χ1n) is 5.37. The Morgan fingerprint density at radius 2 is 1.82 bits per heavy atom. The molecule has 1 aliphatic carbocycles. The summed E-state index contributed by atoms with van der Waals surface area (Å²) >= 11 is 4.94. The maximum absolute atomic E-state index is 11.6. The molecule has 1 fully saturated rings. The van der Waals surface area contributed by atoms with Crippen LogP contribution in [0.5, 0.6) is 0 Å². The number of aryl methyl sites for hydroxylation is 1. The van der Waals surface area contributed by atoms with Crippen LogP contribution in [0.1, 0.15) is 17.0 Å². The van der Waals surface area contributed by atoms with Crippen molar-refractivity contribution in [2.45, 2.75) is 18.1 Å². The molecule has 0 aromatic heterocycles. The van der Waals surface area contributed by atoms with Crippen LogP contribution in [0, 0.1) is 12.8 Å². The van der Waals surface area contributed by atoms with Gasteiger partial charge < -0.3 is 5.73 Å². The summed E-state index contributed by atoms with van der Waals surface area (Å²) in [7, 11) is -3.10. The van der Waals surface area contributed by atoms with Crippen LogP contribution in [-0.2, 0) is 9.84 Å². The maximum Gasteiger partial charge on any atom is 0.151 e. The molecule has 3 atom stereocenters. The number of benzene rings is 1. The molecule has 3 nitrogen and oxygen atoms in total. The summed E-state index contributed by atoms with van der Waals surface area (Å²) in [6.45, 7) is 2.00. The predicted octanol–water partition coefficient (Wildman–Crippen LogP) is 1.41. The minimum Gasteiger partial charge on any atom is -0.393 e. The van der Waals surface area contributed by atoms with Gasteiger partial charge in [-0.1, -0.05) is 42.0 Å². The highest BCUT2D eigenvalue weighted by atomic mass is 32.2. The molecule has 92 valence electrons. The molecule has 0 spiro atoms. The first kappa shape index (κ1) is 12.5. The van der Waals surface area contributed by atoms with Crippen molar-refractivity contribution in [1.29, 1.82) is 0 Å². The summed E-state index contributed by atoms with van der Waals surface area (Å²) in [5, 5.41) is -0.442. The van der Waals surface area contributed by atoms with Crippen molar-refractivity contribution >= 4 is 27.0 Å². The number of nitrogens with two attached hydrogens (primary N) is 1. The molecule has 17 heavy (non-hydrogen) atoms. The summed E-state index contributed by atoms with van der Waals surface area (Å²) < 4.78 is 23.3. The van der Waals surface area contributed by atoms with Crippen LogP contribution < -0.4 is 5.73 Å². The molecule has 0 bridgehead atoms. The Bertz CT molecular complexity index is 548. The fourth-order valence-corrected chi connectivity index (χ4v) is 4.34. The molecule has 1 aromatic rings. The van der Waals surface area contributed by atoms with Gasteiger partial charge in [-0.25, -0.2) is 8.42 Å². The topological polar surface area (TPSA) is 60.2 Å². The van der Waals surface area contributed by atoms with E-state index in [1.54, 1.807) is 0 Å². The molecule has 1 saturated carbocycles. The van der Waals surface area contributed by atoms with Crippen LogP contribution in [0.15, 0.2) is 24.3 Å². The van der Waals surface area contributed by atoms with E-state index in [4.69, 9.17) is 18.0 Å². The van der Waals surface area contributed by atoms with E-state index in [0.717, 1.165) is 11.1 Å². The van der Waals surface area contributed by atoms with E-state index in [0.29, 0.717) is 4.99 Å². The van der Waals surface area contributed by atoms with E-state index in [1.807, 2.05) is 31.2 Å². The molecule has 0 heterocycles. The third-order valence-electron chi connectivity index (χ3n) is 3.24. The summed E-state index contributed by atoms with van der Waals surface area (Å²) in [4.78, 5) is 0.297. The first-order valence-corrected chi connectivity index (χ1v) is 7.73. The van der Waals surface area contributed by atoms with Gasteiger partial charge in [-0.2, -0.15) is 0 Å². The van der Waals surface area contributed by atoms with Gasteiger partial charge in [0.15, 0.2) is 9.84 Å². The summed E-state index contributed by atoms with van der Waals surface area (Å²) in [6, 6.07) is 7.86. The van der Waals surface area contributed by atoms with Gasteiger partial charge >= 0.3 is 0 Å². The largest absolute Gasteiger partial charge is 0.393 e. The molecule has 0 aliphatic heterocycles. The van der Waals surface area contributed by atoms with Crippen molar-refractivity contribution in [3.8, 4) is 0 Å². The van der Waals surface area contributed by atoms with Crippen LogP contribution in [0.3, 0.4) is 0 Å². The Kier molecular flexibility index (Phi) is 2.99. The van der Waals surface area contributed by atoms with Crippen LogP contribution in [0.4, 0.5) is 0 Å². The van der Waals surface area contributed by atoms with Gasteiger partial charge in [0.1, 0.15) is 0 Å². The highest BCUT2D eigenvalue weighted by Gasteiger charge is 2.58. The zero-order chi connectivity index (χ0) is 12.8. The highest BCUT2D eigenvalue weighted by Crippen LogP contribution is 2.52. The Labute approximate surface area is 107 Å². The molecule has 2 rings (SSSR count). The normalized spacial score (nSPS) is 27.8. The van der Waals surface area contributed by atoms with Gasteiger partial charge in [0.25, 0.3) is 0 Å². The van der Waals surface area contributed by atoms with Crippen LogP contribution >= 0.6 is 12.2 Å². The van der Waals surface area contributed by atoms with Gasteiger partial charge in [-0.05, 0) is 12.5 Å². The molecule has 0 saturated heterocycles. The Balaban J connectivity index is 2.34. The zero-order valence-corrected chi connectivity index (χ0v) is 11.4. The SMILES string of the molecule is Cc1ccc([C@@H]2[C@@H](C(N)=S)[C@@H]2S(C)(=O)=O)cc1. The second-order valence-corrected chi connectivity index (χ2v) is 7.33. The van der Waals surface area contributed by atoms with Crippen molar-refractivity contribution in [3.05, 3.63) is 35.4 Å². The minimum atomic E-state index is -3.10. The Morgan fingerprint density at radius 3 is 2.18 bits per heavy atom. The van der Waals surface area contributed by atoms with Gasteiger partial charge in [-0.3, -0.25) is 0 Å². The van der Waals surface area contributed by atoms with Crippen molar-refractivity contribution in [2.75, 3.05) is 6.26 Å². The molecule has 2 N–H and O–H groups in total. The van der Waals surface area contributed by atoms with Gasteiger partial charge in [0, 0.05) is 18.1 Å². The Morgan fingerprint density at radius 1 is 1.29 bits per heavy atom. The van der Waals surface area contributed by atoms with E-state index < -0.39 is 15.1 Å². The average molecular weight is 269 g/mol. The second-order valence-electron chi connectivity index (χ2n) is 4.66. The smallest absolute Gasteiger partial charge is 0.151 e. The van der Waals surface area contributed by atoms with E-state index >= 15 is 0 Å². The van der Waals surface area contributed by atoms with E-state index in [1.165, 1.54) is 6.26 Å². The third kappa shape index (κ3) is 2.35. The minimum absolute atomic E-state index is 0.0666. The maximum atomic E-state index is 11.6.